The third-order valence-electron chi connectivity index (χ3n) is 4.49. The van der Waals surface area contributed by atoms with E-state index in [9.17, 15) is 9.59 Å². The van der Waals surface area contributed by atoms with Gasteiger partial charge in [0.15, 0.2) is 0 Å². The van der Waals surface area contributed by atoms with Crippen LogP contribution >= 0.6 is 0 Å². The number of benzene rings is 2. The molecule has 1 heterocycles. The first-order valence-corrected chi connectivity index (χ1v) is 9.31. The fraction of sp³-hybridized carbons (Fsp3) is 0.174. The van der Waals surface area contributed by atoms with Gasteiger partial charge in [0.05, 0.1) is 13.2 Å². The van der Waals surface area contributed by atoms with Crippen molar-refractivity contribution in [2.45, 2.75) is 19.5 Å². The summed E-state index contributed by atoms with van der Waals surface area (Å²) in [6.07, 6.45) is 0. The smallest absolute Gasteiger partial charge is 0.270 e. The van der Waals surface area contributed by atoms with Gasteiger partial charge in [-0.15, -0.1) is 0 Å². The molecule has 148 valence electrons. The molecule has 3 aromatic rings. The molecule has 2 N–H and O–H groups in total. The van der Waals surface area contributed by atoms with Gasteiger partial charge in [-0.1, -0.05) is 54.6 Å². The van der Waals surface area contributed by atoms with Crippen molar-refractivity contribution in [2.75, 3.05) is 7.11 Å². The number of nitrogens with zero attached hydrogens (tertiary/aromatic N) is 1. The van der Waals surface area contributed by atoms with E-state index in [1.54, 1.807) is 25.3 Å². The van der Waals surface area contributed by atoms with Crippen molar-refractivity contribution < 1.29 is 14.3 Å². The maximum Gasteiger partial charge on any atom is 0.270 e. The molecule has 0 spiro atoms. The van der Waals surface area contributed by atoms with Crippen molar-refractivity contribution >= 4 is 11.8 Å². The number of rotatable bonds is 7. The first kappa shape index (κ1) is 20.1. The number of nitrogens with one attached hydrogen (secondary N) is 2. The molecule has 2 aromatic carbocycles. The lowest BCUT2D eigenvalue weighted by atomic mass is 10.1. The summed E-state index contributed by atoms with van der Waals surface area (Å²) in [5, 5.41) is 5.71. The van der Waals surface area contributed by atoms with Crippen molar-refractivity contribution in [3.05, 3.63) is 95.3 Å². The average Bonchev–Trinajstić information content (AvgIpc) is 2.78. The third-order valence-corrected chi connectivity index (χ3v) is 4.49. The van der Waals surface area contributed by atoms with Crippen LogP contribution in [0, 0.1) is 0 Å². The summed E-state index contributed by atoms with van der Waals surface area (Å²) < 4.78 is 5.29. The summed E-state index contributed by atoms with van der Waals surface area (Å²) in [7, 11) is 1.58. The molecule has 0 aliphatic heterocycles. The van der Waals surface area contributed by atoms with Gasteiger partial charge in [0.2, 0.25) is 0 Å². The van der Waals surface area contributed by atoms with Crippen molar-refractivity contribution in [3.63, 3.8) is 0 Å². The van der Waals surface area contributed by atoms with Gasteiger partial charge in [-0.3, -0.25) is 9.59 Å². The maximum atomic E-state index is 12.5. The number of amides is 2. The van der Waals surface area contributed by atoms with E-state index >= 15 is 0 Å². The molecule has 6 heteroatoms. The highest BCUT2D eigenvalue weighted by atomic mass is 16.5. The van der Waals surface area contributed by atoms with E-state index in [2.05, 4.69) is 15.6 Å². The fourth-order valence-electron chi connectivity index (χ4n) is 2.90. The van der Waals surface area contributed by atoms with E-state index in [0.29, 0.717) is 12.3 Å². The first-order valence-electron chi connectivity index (χ1n) is 9.31. The number of carbonyl (C=O) groups excluding carboxylic acids is 2. The zero-order valence-electron chi connectivity index (χ0n) is 16.4. The number of hydrogen-bond donors (Lipinski definition) is 2. The Hall–Kier alpha value is -3.67. The zero-order valence-corrected chi connectivity index (χ0v) is 16.4. The van der Waals surface area contributed by atoms with Crippen molar-refractivity contribution in [2.24, 2.45) is 0 Å². The average molecular weight is 389 g/mol. The highest BCUT2D eigenvalue weighted by Crippen LogP contribution is 2.17. The molecule has 29 heavy (non-hydrogen) atoms. The van der Waals surface area contributed by atoms with Crippen LogP contribution in [-0.4, -0.2) is 23.9 Å². The van der Waals surface area contributed by atoms with Crippen LogP contribution in [0.1, 0.15) is 45.1 Å². The Balaban J connectivity index is 1.65. The fourth-order valence-corrected chi connectivity index (χ4v) is 2.90. The Labute approximate surface area is 169 Å². The van der Waals surface area contributed by atoms with Crippen LogP contribution in [-0.2, 0) is 6.54 Å². The standard InChI is InChI=1S/C23H23N3O3/c1-16(17-9-4-3-5-10-17)25-23(28)20-13-8-12-19(26-20)22(27)24-15-18-11-6-7-14-21(18)29-2/h3-14,16H,15H2,1-2H3,(H,24,27)(H,25,28). The van der Waals surface area contributed by atoms with Crippen LogP contribution in [0.2, 0.25) is 0 Å². The molecule has 0 saturated carbocycles. The molecule has 6 nitrogen and oxygen atoms in total. The van der Waals surface area contributed by atoms with Crippen molar-refractivity contribution in [1.82, 2.24) is 15.6 Å². The normalized spacial score (nSPS) is 11.4. The second kappa shape index (κ2) is 9.50. The second-order valence-corrected chi connectivity index (χ2v) is 6.51. The first-order chi connectivity index (χ1) is 14.1. The number of carbonyl (C=O) groups is 2. The van der Waals surface area contributed by atoms with Gasteiger partial charge in [-0.05, 0) is 30.7 Å². The van der Waals surface area contributed by atoms with Gasteiger partial charge in [-0.2, -0.15) is 0 Å². The maximum absolute atomic E-state index is 12.5. The molecule has 0 radical (unpaired) electrons. The van der Waals surface area contributed by atoms with E-state index in [4.69, 9.17) is 4.74 Å². The SMILES string of the molecule is COc1ccccc1CNC(=O)c1cccc(C(=O)NC(C)c2ccccc2)n1. The van der Waals surface area contributed by atoms with Crippen LogP contribution in [0.3, 0.4) is 0 Å². The van der Waals surface area contributed by atoms with Crippen LogP contribution in [0.5, 0.6) is 5.75 Å². The Morgan fingerprint density at radius 2 is 1.55 bits per heavy atom. The van der Waals surface area contributed by atoms with E-state index < -0.39 is 0 Å². The number of methoxy groups -OCH3 is 1. The summed E-state index contributed by atoms with van der Waals surface area (Å²) in [4.78, 5) is 29.3. The van der Waals surface area contributed by atoms with Crippen LogP contribution < -0.4 is 15.4 Å². The number of para-hydroxylation sites is 1. The molecule has 1 atom stereocenters. The Morgan fingerprint density at radius 3 is 2.28 bits per heavy atom. The lowest BCUT2D eigenvalue weighted by Crippen LogP contribution is -2.29. The largest absolute Gasteiger partial charge is 0.496 e. The highest BCUT2D eigenvalue weighted by molar-refractivity contribution is 5.96. The molecule has 2 amide bonds. The molecule has 0 saturated heterocycles. The molecular weight excluding hydrogens is 366 g/mol. The van der Waals surface area contributed by atoms with E-state index in [1.807, 2.05) is 61.5 Å². The molecule has 1 unspecified atom stereocenters. The predicted octanol–water partition coefficient (Wildman–Crippen LogP) is 3.51. The van der Waals surface area contributed by atoms with Crippen LogP contribution in [0.4, 0.5) is 0 Å². The third kappa shape index (κ3) is 5.19. The minimum atomic E-state index is -0.360. The quantitative estimate of drug-likeness (QED) is 0.648. The molecule has 3 rings (SSSR count). The van der Waals surface area contributed by atoms with Gasteiger partial charge in [-0.25, -0.2) is 4.98 Å². The second-order valence-electron chi connectivity index (χ2n) is 6.51. The zero-order chi connectivity index (χ0) is 20.6. The number of aromatic nitrogens is 1. The minimum Gasteiger partial charge on any atom is -0.496 e. The lowest BCUT2D eigenvalue weighted by molar-refractivity contribution is 0.0933. The molecule has 0 fully saturated rings. The molecule has 0 aliphatic rings. The Kier molecular flexibility index (Phi) is 6.58. The van der Waals surface area contributed by atoms with Gasteiger partial charge < -0.3 is 15.4 Å². The van der Waals surface area contributed by atoms with Gasteiger partial charge in [0.25, 0.3) is 11.8 Å². The molecular formula is C23H23N3O3. The molecule has 0 bridgehead atoms. The minimum absolute atomic E-state index is 0.173. The summed E-state index contributed by atoms with van der Waals surface area (Å²) >= 11 is 0. The number of ether oxygens (including phenoxy) is 1. The monoisotopic (exact) mass is 389 g/mol. The number of hydrogen-bond acceptors (Lipinski definition) is 4. The molecule has 1 aromatic heterocycles. The van der Waals surface area contributed by atoms with Crippen LogP contribution in [0.15, 0.2) is 72.8 Å². The summed E-state index contributed by atoms with van der Waals surface area (Å²) in [5.41, 5.74) is 2.22. The Morgan fingerprint density at radius 1 is 0.897 bits per heavy atom. The van der Waals surface area contributed by atoms with Gasteiger partial charge in [0, 0.05) is 12.1 Å². The predicted molar refractivity (Wildman–Crippen MR) is 111 cm³/mol. The van der Waals surface area contributed by atoms with Gasteiger partial charge >= 0.3 is 0 Å². The molecule has 0 aliphatic carbocycles. The van der Waals surface area contributed by atoms with Crippen molar-refractivity contribution in [3.8, 4) is 5.75 Å². The summed E-state index contributed by atoms with van der Waals surface area (Å²) in [6, 6.07) is 21.7. The topological polar surface area (TPSA) is 80.3 Å². The Bertz CT molecular complexity index is 989. The lowest BCUT2D eigenvalue weighted by Gasteiger charge is -2.14. The van der Waals surface area contributed by atoms with Crippen LogP contribution in [0.25, 0.3) is 0 Å². The van der Waals surface area contributed by atoms with E-state index in [-0.39, 0.29) is 29.2 Å². The highest BCUT2D eigenvalue weighted by Gasteiger charge is 2.15. The van der Waals surface area contributed by atoms with Crippen molar-refractivity contribution in [1.29, 1.82) is 0 Å². The van der Waals surface area contributed by atoms with Gasteiger partial charge in [0.1, 0.15) is 17.1 Å². The summed E-state index contributed by atoms with van der Waals surface area (Å²) in [5.74, 6) is 0.00572. The summed E-state index contributed by atoms with van der Waals surface area (Å²) in [6.45, 7) is 2.20. The van der Waals surface area contributed by atoms with E-state index in [0.717, 1.165) is 11.1 Å². The van der Waals surface area contributed by atoms with E-state index in [1.165, 1.54) is 0 Å². The number of pyridine rings is 1.